The fraction of sp³-hybridized carbons (Fsp3) is 0.0870. The first-order valence-corrected chi connectivity index (χ1v) is 9.12. The first kappa shape index (κ1) is 18.3. The van der Waals surface area contributed by atoms with Gasteiger partial charge in [-0.15, -0.1) is 0 Å². The molecule has 0 radical (unpaired) electrons. The van der Waals surface area contributed by atoms with Crippen LogP contribution in [0.3, 0.4) is 0 Å². The lowest BCUT2D eigenvalue weighted by molar-refractivity contribution is -0.116. The summed E-state index contributed by atoms with van der Waals surface area (Å²) < 4.78 is 7.75. The molecule has 4 rings (SSSR count). The number of aromatic nitrogens is 2. The molecule has 6 nitrogen and oxygen atoms in total. The van der Waals surface area contributed by atoms with E-state index in [0.29, 0.717) is 23.6 Å². The first-order chi connectivity index (χ1) is 14.2. The third-order valence-electron chi connectivity index (χ3n) is 4.53. The molecule has 0 aliphatic rings. The van der Waals surface area contributed by atoms with Crippen molar-refractivity contribution in [1.29, 1.82) is 5.26 Å². The Bertz CT molecular complexity index is 1210. The number of hydrogen-bond donors (Lipinski definition) is 1. The van der Waals surface area contributed by atoms with Crippen LogP contribution in [0.4, 0.5) is 0 Å². The molecule has 0 saturated carbocycles. The summed E-state index contributed by atoms with van der Waals surface area (Å²) in [7, 11) is 1.49. The third-order valence-corrected chi connectivity index (χ3v) is 4.53. The summed E-state index contributed by atoms with van der Waals surface area (Å²) in [6.45, 7) is 0.559. The minimum absolute atomic E-state index is 0.00382. The maximum absolute atomic E-state index is 12.0. The number of furan rings is 1. The van der Waals surface area contributed by atoms with Gasteiger partial charge in [0.25, 0.3) is 5.91 Å². The van der Waals surface area contributed by atoms with Crippen molar-refractivity contribution in [1.82, 2.24) is 15.1 Å². The maximum Gasteiger partial charge on any atom is 0.261 e. The summed E-state index contributed by atoms with van der Waals surface area (Å²) >= 11 is 0. The highest BCUT2D eigenvalue weighted by Crippen LogP contribution is 2.30. The van der Waals surface area contributed by atoms with Crippen molar-refractivity contribution in [3.05, 3.63) is 83.6 Å². The Balaban J connectivity index is 1.82. The maximum atomic E-state index is 12.0. The number of fused-ring (bicyclic) bond motifs is 1. The smallest absolute Gasteiger partial charge is 0.261 e. The zero-order valence-corrected chi connectivity index (χ0v) is 15.8. The zero-order valence-electron chi connectivity index (χ0n) is 15.8. The molecule has 0 bridgehead atoms. The number of para-hydroxylation sites is 1. The molecule has 0 saturated heterocycles. The Morgan fingerprint density at radius 3 is 2.69 bits per heavy atom. The van der Waals surface area contributed by atoms with Crippen molar-refractivity contribution in [2.24, 2.45) is 0 Å². The number of nitriles is 1. The minimum atomic E-state index is -0.445. The van der Waals surface area contributed by atoms with Crippen LogP contribution in [0.5, 0.6) is 0 Å². The van der Waals surface area contributed by atoms with Gasteiger partial charge < -0.3 is 9.73 Å². The lowest BCUT2D eigenvalue weighted by atomic mass is 10.1. The van der Waals surface area contributed by atoms with E-state index in [9.17, 15) is 10.1 Å². The summed E-state index contributed by atoms with van der Waals surface area (Å²) in [5.74, 6) is 0.136. The second-order valence-corrected chi connectivity index (χ2v) is 6.51. The molecule has 0 aliphatic carbocycles. The van der Waals surface area contributed by atoms with Gasteiger partial charge in [0.2, 0.25) is 0 Å². The fourth-order valence-electron chi connectivity index (χ4n) is 3.12. The van der Waals surface area contributed by atoms with Crippen molar-refractivity contribution >= 4 is 23.0 Å². The van der Waals surface area contributed by atoms with Gasteiger partial charge >= 0.3 is 0 Å². The summed E-state index contributed by atoms with van der Waals surface area (Å²) in [6, 6.07) is 21.5. The number of likely N-dealkylation sites (N-methyl/N-ethyl adjacent to an activating group) is 1. The van der Waals surface area contributed by atoms with E-state index in [1.54, 1.807) is 4.68 Å². The lowest BCUT2D eigenvalue weighted by Gasteiger charge is -2.00. The van der Waals surface area contributed by atoms with Crippen LogP contribution < -0.4 is 5.32 Å². The number of nitrogens with zero attached hydrogens (tertiary/aromatic N) is 3. The number of carbonyl (C=O) groups excluding carboxylic acids is 1. The molecule has 0 spiro atoms. The normalized spacial score (nSPS) is 11.4. The van der Waals surface area contributed by atoms with Crippen molar-refractivity contribution in [2.45, 2.75) is 6.54 Å². The highest BCUT2D eigenvalue weighted by Gasteiger charge is 2.17. The Labute approximate surface area is 167 Å². The number of carbonyl (C=O) groups is 1. The highest BCUT2D eigenvalue weighted by atomic mass is 16.3. The van der Waals surface area contributed by atoms with Gasteiger partial charge in [-0.2, -0.15) is 10.4 Å². The summed E-state index contributed by atoms with van der Waals surface area (Å²) in [4.78, 5) is 12.0. The quantitative estimate of drug-likeness (QED) is 0.418. The topological polar surface area (TPSA) is 83.9 Å². The fourth-order valence-corrected chi connectivity index (χ4v) is 3.12. The number of nitrogens with one attached hydrogen (secondary N) is 1. The average molecular weight is 382 g/mol. The van der Waals surface area contributed by atoms with Gasteiger partial charge in [-0.05, 0) is 23.8 Å². The molecule has 0 unspecified atom stereocenters. The lowest BCUT2D eigenvalue weighted by Crippen LogP contribution is -2.19. The van der Waals surface area contributed by atoms with E-state index in [-0.39, 0.29) is 5.57 Å². The number of hydrogen-bond acceptors (Lipinski definition) is 4. The predicted octanol–water partition coefficient (Wildman–Crippen LogP) is 4.00. The van der Waals surface area contributed by atoms with E-state index in [0.717, 1.165) is 16.5 Å². The summed E-state index contributed by atoms with van der Waals surface area (Å²) in [6.07, 6.45) is 3.35. The van der Waals surface area contributed by atoms with Gasteiger partial charge in [-0.1, -0.05) is 48.5 Å². The second kappa shape index (κ2) is 7.87. The molecule has 2 aromatic heterocycles. The largest absolute Gasteiger partial charge is 0.454 e. The van der Waals surface area contributed by atoms with Crippen molar-refractivity contribution in [3.63, 3.8) is 0 Å². The van der Waals surface area contributed by atoms with Crippen molar-refractivity contribution in [2.75, 3.05) is 7.05 Å². The SMILES string of the molecule is CNC(=O)/C(C#N)=C/c1cn(Cc2ccccc2)nc1-c1cc2ccccc2o1. The molecule has 0 atom stereocenters. The minimum Gasteiger partial charge on any atom is -0.454 e. The Morgan fingerprint density at radius 1 is 1.21 bits per heavy atom. The van der Waals surface area contributed by atoms with E-state index in [4.69, 9.17) is 4.42 Å². The second-order valence-electron chi connectivity index (χ2n) is 6.51. The highest BCUT2D eigenvalue weighted by molar-refractivity contribution is 6.02. The molecule has 2 heterocycles. The molecule has 0 aliphatic heterocycles. The van der Waals surface area contributed by atoms with E-state index >= 15 is 0 Å². The molecule has 29 heavy (non-hydrogen) atoms. The van der Waals surface area contributed by atoms with E-state index in [1.165, 1.54) is 13.1 Å². The molecule has 142 valence electrons. The Kier molecular flexibility index (Phi) is 4.95. The summed E-state index contributed by atoms with van der Waals surface area (Å²) in [5, 5.41) is 17.5. The van der Waals surface area contributed by atoms with Gasteiger partial charge in [0.05, 0.1) is 6.54 Å². The zero-order chi connectivity index (χ0) is 20.2. The van der Waals surface area contributed by atoms with Crippen LogP contribution in [0, 0.1) is 11.3 Å². The monoisotopic (exact) mass is 382 g/mol. The number of amides is 1. The molecular weight excluding hydrogens is 364 g/mol. The van der Waals surface area contributed by atoms with Crippen LogP contribution in [0.2, 0.25) is 0 Å². The molecule has 4 aromatic rings. The van der Waals surface area contributed by atoms with Crippen molar-refractivity contribution in [3.8, 4) is 17.5 Å². The standard InChI is InChI=1S/C23H18N4O2/c1-25-23(28)18(13-24)11-19-15-27(14-16-7-3-2-4-8-16)26-22(19)21-12-17-9-5-6-10-20(17)29-21/h2-12,15H,14H2,1H3,(H,25,28)/b18-11+. The Hall–Kier alpha value is -4.11. The van der Waals surface area contributed by atoms with Gasteiger partial charge in [0.15, 0.2) is 5.76 Å². The summed E-state index contributed by atoms with van der Waals surface area (Å²) in [5.41, 5.74) is 3.06. The van der Waals surface area contributed by atoms with Crippen molar-refractivity contribution < 1.29 is 9.21 Å². The predicted molar refractivity (Wildman–Crippen MR) is 111 cm³/mol. The molecule has 1 N–H and O–H groups in total. The van der Waals surface area contributed by atoms with E-state index < -0.39 is 5.91 Å². The third kappa shape index (κ3) is 3.80. The molecule has 0 fully saturated rings. The van der Waals surface area contributed by atoms with Gasteiger partial charge in [0, 0.05) is 24.2 Å². The van der Waals surface area contributed by atoms with Crippen LogP contribution in [0.25, 0.3) is 28.5 Å². The van der Waals surface area contributed by atoms with Crippen LogP contribution in [0.15, 0.2) is 76.9 Å². The first-order valence-electron chi connectivity index (χ1n) is 9.12. The van der Waals surface area contributed by atoms with Crippen LogP contribution in [-0.2, 0) is 11.3 Å². The number of benzene rings is 2. The molecule has 1 amide bonds. The average Bonchev–Trinajstić information content (AvgIpc) is 3.35. The molecular formula is C23H18N4O2. The van der Waals surface area contributed by atoms with Gasteiger partial charge in [-0.25, -0.2) is 0 Å². The van der Waals surface area contributed by atoms with E-state index in [1.807, 2.05) is 72.9 Å². The van der Waals surface area contributed by atoms with E-state index in [2.05, 4.69) is 10.4 Å². The molecule has 2 aromatic carbocycles. The van der Waals surface area contributed by atoms with Crippen LogP contribution >= 0.6 is 0 Å². The molecule has 6 heteroatoms. The van der Waals surface area contributed by atoms with Gasteiger partial charge in [-0.3, -0.25) is 9.48 Å². The van der Waals surface area contributed by atoms with Gasteiger partial charge in [0.1, 0.15) is 22.9 Å². The Morgan fingerprint density at radius 2 is 1.97 bits per heavy atom. The number of rotatable bonds is 5. The van der Waals surface area contributed by atoms with Crippen LogP contribution in [-0.4, -0.2) is 22.7 Å². The van der Waals surface area contributed by atoms with Crippen LogP contribution in [0.1, 0.15) is 11.1 Å².